The lowest BCUT2D eigenvalue weighted by molar-refractivity contribution is -2.00. The van der Waals surface area contributed by atoms with Crippen LogP contribution < -0.4 is 70.9 Å². The van der Waals surface area contributed by atoms with E-state index in [9.17, 15) is 0 Å². The van der Waals surface area contributed by atoms with E-state index in [0.717, 1.165) is 33.6 Å². The minimum Gasteiger partial charge on any atom is -0.412 e. The topological polar surface area (TPSA) is 364 Å². The van der Waals surface area contributed by atoms with Crippen LogP contribution in [0.25, 0.3) is 33.6 Å². The van der Waals surface area contributed by atoms with Crippen LogP contribution in [0.15, 0.2) is 85.7 Å². The lowest BCUT2D eigenvalue weighted by Gasteiger charge is -2.17. The van der Waals surface area contributed by atoms with E-state index in [4.69, 9.17) is 60.9 Å². The second-order valence-electron chi connectivity index (χ2n) is 6.63. The lowest BCUT2D eigenvalue weighted by Crippen LogP contribution is -2.68. The SMILES string of the molecule is O.[O-][Cl+3]([O-])([O-])[O-].[O-][Cl+3]([O-])([O-])[O-].[O-][Cl+3]([O-])([O-])[O-].c1c[nH+]cc(-c2cc(-c3cc[nH+]cc3)cc(-c3ccc[nH+]c3)n2)c1. The Labute approximate surface area is 231 Å². The van der Waals surface area contributed by atoms with Gasteiger partial charge in [-0.2, -0.15) is 0 Å². The van der Waals surface area contributed by atoms with Gasteiger partial charge in [-0.15, -0.1) is 30.7 Å². The average molecular weight is 630 g/mol. The Balaban J connectivity index is 0.000000792. The predicted molar refractivity (Wildman–Crippen MR) is 93.8 cm³/mol. The van der Waals surface area contributed by atoms with Crippen LogP contribution in [-0.4, -0.2) is 10.5 Å². The van der Waals surface area contributed by atoms with Crippen molar-refractivity contribution in [3.05, 3.63) is 85.7 Å². The summed E-state index contributed by atoms with van der Waals surface area (Å²) < 4.78 is 102. The minimum absolute atomic E-state index is 0. The van der Waals surface area contributed by atoms with E-state index in [1.165, 1.54) is 0 Å². The summed E-state index contributed by atoms with van der Waals surface area (Å²) >= 11 is 0. The van der Waals surface area contributed by atoms with Gasteiger partial charge in [0.25, 0.3) is 0 Å². The second kappa shape index (κ2) is 16.9. The molecule has 0 atom stereocenters. The van der Waals surface area contributed by atoms with Gasteiger partial charge in [-0.05, 0) is 35.4 Å². The molecule has 4 aromatic heterocycles. The van der Waals surface area contributed by atoms with E-state index in [0.29, 0.717) is 0 Å². The average Bonchev–Trinajstić information content (AvgIpc) is 2.82. The summed E-state index contributed by atoms with van der Waals surface area (Å²) in [6, 6.07) is 16.5. The van der Waals surface area contributed by atoms with Gasteiger partial charge in [-0.3, -0.25) is 0 Å². The Morgan fingerprint density at radius 2 is 0.800 bits per heavy atom. The van der Waals surface area contributed by atoms with Gasteiger partial charge in [-0.1, -0.05) is 0 Å². The van der Waals surface area contributed by atoms with Crippen molar-refractivity contribution in [2.45, 2.75) is 0 Å². The molecule has 0 aliphatic carbocycles. The van der Waals surface area contributed by atoms with Crippen LogP contribution in [0.5, 0.6) is 0 Å². The summed E-state index contributed by atoms with van der Waals surface area (Å²) in [4.78, 5) is 14.2. The molecule has 4 rings (SSSR count). The Kier molecular flexibility index (Phi) is 15.6. The van der Waals surface area contributed by atoms with Crippen molar-refractivity contribution in [3.8, 4) is 33.6 Å². The summed E-state index contributed by atoms with van der Waals surface area (Å²) in [7, 11) is -14.8. The van der Waals surface area contributed by atoms with E-state index in [1.807, 2.05) is 49.3 Å². The smallest absolute Gasteiger partial charge is 0.176 e. The highest BCUT2D eigenvalue weighted by Gasteiger charge is 2.11. The maximum Gasteiger partial charge on any atom is 0.176 e. The highest BCUT2D eigenvalue weighted by molar-refractivity contribution is 5.75. The van der Waals surface area contributed by atoms with Crippen molar-refractivity contribution in [1.82, 2.24) is 4.98 Å². The zero-order chi connectivity index (χ0) is 29.7. The molecule has 0 radical (unpaired) electrons. The number of aromatic nitrogens is 4. The quantitative estimate of drug-likeness (QED) is 0.203. The minimum atomic E-state index is -4.94. The third kappa shape index (κ3) is 19.9. The monoisotopic (exact) mass is 628 g/mol. The molecule has 0 aliphatic rings. The Morgan fingerprint density at radius 3 is 1.10 bits per heavy atom. The van der Waals surface area contributed by atoms with Gasteiger partial charge in [0.05, 0.1) is 22.5 Å². The third-order valence-corrected chi connectivity index (χ3v) is 3.88. The fourth-order valence-electron chi connectivity index (χ4n) is 2.68. The van der Waals surface area contributed by atoms with E-state index < -0.39 is 30.7 Å². The first kappa shape index (κ1) is 37.0. The fourth-order valence-corrected chi connectivity index (χ4v) is 2.68. The molecule has 0 bridgehead atoms. The van der Waals surface area contributed by atoms with Crippen LogP contribution in [0.1, 0.15) is 0 Å². The van der Waals surface area contributed by atoms with Gasteiger partial charge in [-0.25, -0.2) is 75.8 Å². The number of rotatable bonds is 3. The summed E-state index contributed by atoms with van der Waals surface area (Å²) in [6.07, 6.45) is 11.6. The molecule has 17 nitrogen and oxygen atoms in total. The van der Waals surface area contributed by atoms with Crippen molar-refractivity contribution in [2.24, 2.45) is 0 Å². The molecule has 0 saturated heterocycles. The van der Waals surface area contributed by atoms with Gasteiger partial charge in [0.2, 0.25) is 0 Å². The van der Waals surface area contributed by atoms with E-state index in [-0.39, 0.29) is 5.48 Å². The van der Waals surface area contributed by atoms with E-state index in [2.05, 4.69) is 51.4 Å². The first-order chi connectivity index (χ1) is 17.9. The van der Waals surface area contributed by atoms with E-state index in [1.54, 1.807) is 0 Å². The fraction of sp³-hybridized carbons (Fsp3) is 0. The summed E-state index contributed by atoms with van der Waals surface area (Å²) in [5.74, 6) is 0. The maximum absolute atomic E-state index is 8.49. The van der Waals surface area contributed by atoms with Crippen LogP contribution in [0.2, 0.25) is 0 Å². The second-order valence-corrected chi connectivity index (χ2v) is 8.90. The summed E-state index contributed by atoms with van der Waals surface area (Å²) in [5.41, 5.74) is 6.29. The molecular formula is C20H19Cl3N4O13. The molecule has 0 saturated carbocycles. The molecule has 0 aromatic carbocycles. The van der Waals surface area contributed by atoms with Gasteiger partial charge in [0.1, 0.15) is 0 Å². The van der Waals surface area contributed by atoms with Gasteiger partial charge in [0, 0.05) is 24.3 Å². The zero-order valence-electron chi connectivity index (χ0n) is 19.6. The number of hydrogen-bond acceptors (Lipinski definition) is 13. The standard InChI is InChI=1S/C20H14N4.3ClHO4.H2O/c1-3-16(13-22-7-1)19-11-18(15-5-9-21-10-6-15)12-20(24-19)17-4-2-8-23-14-17;3*2-1(3,4)5;/h1-14H;3*(H,2,3,4,5);1H2. The van der Waals surface area contributed by atoms with Crippen molar-refractivity contribution in [3.63, 3.8) is 0 Å². The molecule has 40 heavy (non-hydrogen) atoms. The highest BCUT2D eigenvalue weighted by Crippen LogP contribution is 2.28. The molecule has 0 amide bonds. The molecule has 4 aromatic rings. The molecule has 218 valence electrons. The number of hydrogen-bond donors (Lipinski definition) is 0. The maximum atomic E-state index is 8.49. The Morgan fingerprint density at radius 1 is 0.450 bits per heavy atom. The third-order valence-electron chi connectivity index (χ3n) is 3.88. The van der Waals surface area contributed by atoms with Gasteiger partial charge in [0.15, 0.2) is 37.2 Å². The van der Waals surface area contributed by atoms with E-state index >= 15 is 0 Å². The molecule has 20 heteroatoms. The van der Waals surface area contributed by atoms with Crippen molar-refractivity contribution in [1.29, 1.82) is 0 Å². The summed E-state index contributed by atoms with van der Waals surface area (Å²) in [5, 5.41) is 0. The zero-order valence-corrected chi connectivity index (χ0v) is 21.8. The lowest BCUT2D eigenvalue weighted by atomic mass is 10.0. The Bertz CT molecular complexity index is 1060. The van der Waals surface area contributed by atoms with Crippen LogP contribution in [0.4, 0.5) is 0 Å². The highest BCUT2D eigenvalue weighted by atomic mass is 35.7. The first-order valence-electron chi connectivity index (χ1n) is 9.67. The number of halogens is 3. The van der Waals surface area contributed by atoms with Crippen LogP contribution in [-0.2, 0) is 0 Å². The predicted octanol–water partition coefficient (Wildman–Crippen LogP) is -12.6. The summed E-state index contributed by atoms with van der Waals surface area (Å²) in [6.45, 7) is 0. The normalized spacial score (nSPS) is 10.8. The molecule has 0 aliphatic heterocycles. The molecule has 5 N–H and O–H groups in total. The van der Waals surface area contributed by atoms with Crippen molar-refractivity contribution < 1.29 is 107 Å². The molecule has 0 spiro atoms. The molecular weight excluding hydrogens is 611 g/mol. The number of aromatic amines is 3. The van der Waals surface area contributed by atoms with Crippen molar-refractivity contribution >= 4 is 0 Å². The number of nitrogens with zero attached hydrogens (tertiary/aromatic N) is 1. The van der Waals surface area contributed by atoms with Crippen molar-refractivity contribution in [2.75, 3.05) is 0 Å². The Hall–Kier alpha value is -3.05. The van der Waals surface area contributed by atoms with Gasteiger partial charge >= 0.3 is 0 Å². The number of pyridine rings is 4. The number of H-pyrrole nitrogens is 3. The molecule has 0 unspecified atom stereocenters. The first-order valence-corrected chi connectivity index (χ1v) is 13.4. The van der Waals surface area contributed by atoms with Crippen LogP contribution >= 0.6 is 0 Å². The van der Waals surface area contributed by atoms with Crippen LogP contribution in [0, 0.1) is 30.7 Å². The molecule has 0 fully saturated rings. The largest absolute Gasteiger partial charge is 0.412 e. The van der Waals surface area contributed by atoms with Gasteiger partial charge < -0.3 is 5.48 Å². The number of nitrogens with one attached hydrogen (secondary N) is 3. The molecule has 4 heterocycles. The van der Waals surface area contributed by atoms with Crippen LogP contribution in [0.3, 0.4) is 0 Å².